The molecule has 0 bridgehead atoms. The van der Waals surface area contributed by atoms with E-state index >= 15 is 0 Å². The van der Waals surface area contributed by atoms with Crippen LogP contribution in [0.25, 0.3) is 0 Å². The second-order valence-corrected chi connectivity index (χ2v) is 6.91. The third kappa shape index (κ3) is 2.81. The van der Waals surface area contributed by atoms with Crippen LogP contribution in [-0.2, 0) is 0 Å². The van der Waals surface area contributed by atoms with Crippen molar-refractivity contribution in [2.45, 2.75) is 6.04 Å². The van der Waals surface area contributed by atoms with Gasteiger partial charge in [-0.25, -0.2) is 0 Å². The minimum Gasteiger partial charge on any atom is -0.320 e. The van der Waals surface area contributed by atoms with Crippen LogP contribution in [0.5, 0.6) is 0 Å². The van der Waals surface area contributed by atoms with Gasteiger partial charge in [0, 0.05) is 8.45 Å². The molecule has 2 N–H and O–H groups in total. The van der Waals surface area contributed by atoms with Gasteiger partial charge in [0.25, 0.3) is 0 Å². The first kappa shape index (κ1) is 11.6. The van der Waals surface area contributed by atoms with Crippen LogP contribution in [0.4, 0.5) is 0 Å². The molecule has 0 fully saturated rings. The van der Waals surface area contributed by atoms with Gasteiger partial charge in [-0.05, 0) is 68.3 Å². The molecule has 0 saturated heterocycles. The lowest BCUT2D eigenvalue weighted by Gasteiger charge is -2.09. The van der Waals surface area contributed by atoms with Crippen molar-refractivity contribution in [2.24, 2.45) is 5.73 Å². The molecule has 0 aliphatic carbocycles. The molecule has 2 rings (SSSR count). The summed E-state index contributed by atoms with van der Waals surface area (Å²) in [5, 5.41) is 0. The Morgan fingerprint density at radius 1 is 1.27 bits per heavy atom. The molecule has 0 radical (unpaired) electrons. The fraction of sp³-hybridized carbons (Fsp3) is 0.0909. The lowest BCUT2D eigenvalue weighted by molar-refractivity contribution is 0.892. The Kier molecular flexibility index (Phi) is 3.82. The molecule has 78 valence electrons. The minimum atomic E-state index is -0.0176. The smallest absolute Gasteiger partial charge is 0.0702 e. The van der Waals surface area contributed by atoms with Crippen molar-refractivity contribution in [3.63, 3.8) is 0 Å². The van der Waals surface area contributed by atoms with Crippen LogP contribution in [0.3, 0.4) is 0 Å². The van der Waals surface area contributed by atoms with Crippen LogP contribution in [-0.4, -0.2) is 0 Å². The van der Waals surface area contributed by atoms with Gasteiger partial charge in [0.2, 0.25) is 0 Å². The van der Waals surface area contributed by atoms with Gasteiger partial charge in [0.15, 0.2) is 0 Å². The summed E-state index contributed by atoms with van der Waals surface area (Å²) in [7, 11) is 0. The Hall–Kier alpha value is 0.0900. The molecule has 0 aliphatic heterocycles. The number of nitrogens with two attached hydrogens (primary N) is 1. The normalized spacial score (nSPS) is 12.7. The van der Waals surface area contributed by atoms with E-state index in [1.165, 1.54) is 8.45 Å². The van der Waals surface area contributed by atoms with Crippen molar-refractivity contribution in [1.29, 1.82) is 0 Å². The Morgan fingerprint density at radius 3 is 2.67 bits per heavy atom. The number of halogens is 2. The highest BCUT2D eigenvalue weighted by molar-refractivity contribution is 14.1. The molecule has 2 aromatic rings. The molecule has 0 amide bonds. The summed E-state index contributed by atoms with van der Waals surface area (Å²) in [5.41, 5.74) is 7.35. The highest BCUT2D eigenvalue weighted by atomic mass is 127. The highest BCUT2D eigenvalue weighted by Crippen LogP contribution is 2.30. The summed E-state index contributed by atoms with van der Waals surface area (Å²) in [6, 6.07) is 12.4. The maximum atomic E-state index is 6.18. The second-order valence-electron chi connectivity index (χ2n) is 3.17. The lowest BCUT2D eigenvalue weighted by atomic mass is 10.1. The first-order valence-electron chi connectivity index (χ1n) is 4.43. The largest absolute Gasteiger partial charge is 0.320 e. The summed E-state index contributed by atoms with van der Waals surface area (Å²) >= 11 is 7.44. The number of hydrogen-bond acceptors (Lipinski definition) is 2. The third-order valence-electron chi connectivity index (χ3n) is 2.11. The van der Waals surface area contributed by atoms with Crippen molar-refractivity contribution in [1.82, 2.24) is 0 Å². The van der Waals surface area contributed by atoms with E-state index in [4.69, 9.17) is 5.73 Å². The zero-order chi connectivity index (χ0) is 10.8. The van der Waals surface area contributed by atoms with Gasteiger partial charge in [-0.1, -0.05) is 12.1 Å². The molecular weight excluding hydrogens is 385 g/mol. The molecule has 15 heavy (non-hydrogen) atoms. The van der Waals surface area contributed by atoms with E-state index in [9.17, 15) is 0 Å². The number of rotatable bonds is 2. The van der Waals surface area contributed by atoms with Crippen LogP contribution in [0.1, 0.15) is 16.5 Å². The van der Waals surface area contributed by atoms with Gasteiger partial charge in [0.1, 0.15) is 0 Å². The van der Waals surface area contributed by atoms with Crippen LogP contribution < -0.4 is 5.73 Å². The first-order chi connectivity index (χ1) is 7.16. The van der Waals surface area contributed by atoms with Gasteiger partial charge in [-0.3, -0.25) is 0 Å². The Bertz CT molecular complexity index is 469. The van der Waals surface area contributed by atoms with Gasteiger partial charge >= 0.3 is 0 Å². The fourth-order valence-corrected chi connectivity index (χ4v) is 3.38. The van der Waals surface area contributed by atoms with Crippen molar-refractivity contribution in [2.75, 3.05) is 0 Å². The van der Waals surface area contributed by atoms with E-state index in [0.29, 0.717) is 0 Å². The second kappa shape index (κ2) is 4.95. The minimum absolute atomic E-state index is 0.0176. The summed E-state index contributed by atoms with van der Waals surface area (Å²) < 4.78 is 2.34. The summed E-state index contributed by atoms with van der Waals surface area (Å²) in [5.74, 6) is 0. The maximum Gasteiger partial charge on any atom is 0.0702 e. The van der Waals surface area contributed by atoms with Crippen molar-refractivity contribution < 1.29 is 0 Å². The van der Waals surface area contributed by atoms with Crippen LogP contribution in [0.2, 0.25) is 0 Å². The first-order valence-corrected chi connectivity index (χ1v) is 7.12. The van der Waals surface area contributed by atoms with E-state index < -0.39 is 0 Å². The van der Waals surface area contributed by atoms with Gasteiger partial charge < -0.3 is 5.73 Å². The Morgan fingerprint density at radius 2 is 2.07 bits per heavy atom. The molecule has 1 unspecified atom stereocenters. The fourth-order valence-electron chi connectivity index (χ4n) is 1.36. The average molecular weight is 394 g/mol. The summed E-state index contributed by atoms with van der Waals surface area (Å²) in [6.07, 6.45) is 0. The third-order valence-corrected chi connectivity index (χ3v) is 4.49. The van der Waals surface area contributed by atoms with Crippen molar-refractivity contribution in [3.8, 4) is 0 Å². The molecule has 1 heterocycles. The van der Waals surface area contributed by atoms with Gasteiger partial charge in [-0.15, -0.1) is 11.3 Å². The van der Waals surface area contributed by atoms with Crippen LogP contribution >= 0.6 is 49.9 Å². The van der Waals surface area contributed by atoms with E-state index in [-0.39, 0.29) is 6.04 Å². The maximum absolute atomic E-state index is 6.18. The van der Waals surface area contributed by atoms with E-state index in [0.717, 1.165) is 9.35 Å². The molecule has 0 aliphatic rings. The van der Waals surface area contributed by atoms with Crippen molar-refractivity contribution >= 4 is 49.9 Å². The molecular formula is C11H9BrINS. The lowest BCUT2D eigenvalue weighted by Crippen LogP contribution is -2.10. The summed E-state index contributed by atoms with van der Waals surface area (Å²) in [6.45, 7) is 0. The molecule has 0 saturated carbocycles. The quantitative estimate of drug-likeness (QED) is 0.761. The summed E-state index contributed by atoms with van der Waals surface area (Å²) in [4.78, 5) is 1.18. The highest BCUT2D eigenvalue weighted by Gasteiger charge is 2.10. The zero-order valence-corrected chi connectivity index (χ0v) is 12.3. The van der Waals surface area contributed by atoms with E-state index in [2.05, 4.69) is 62.8 Å². The monoisotopic (exact) mass is 393 g/mol. The van der Waals surface area contributed by atoms with E-state index in [1.54, 1.807) is 11.3 Å². The molecule has 1 nitrogen and oxygen atoms in total. The van der Waals surface area contributed by atoms with Gasteiger partial charge in [-0.2, -0.15) is 0 Å². The zero-order valence-electron chi connectivity index (χ0n) is 7.78. The standard InChI is InChI=1S/C11H9BrINS/c12-10-5-4-9(15-10)11(14)7-2-1-3-8(13)6-7/h1-6,11H,14H2. The van der Waals surface area contributed by atoms with Crippen LogP contribution in [0.15, 0.2) is 40.2 Å². The average Bonchev–Trinajstić information content (AvgIpc) is 2.64. The van der Waals surface area contributed by atoms with Crippen LogP contribution in [0, 0.1) is 3.57 Å². The molecule has 0 spiro atoms. The SMILES string of the molecule is NC(c1cccc(I)c1)c1ccc(Br)s1. The Balaban J connectivity index is 2.32. The number of benzene rings is 1. The van der Waals surface area contributed by atoms with Gasteiger partial charge in [0.05, 0.1) is 9.83 Å². The molecule has 1 atom stereocenters. The Labute approximate surface area is 115 Å². The molecule has 1 aromatic heterocycles. The predicted molar refractivity (Wildman–Crippen MR) is 77.2 cm³/mol. The predicted octanol–water partition coefficient (Wildman–Crippen LogP) is 4.16. The molecule has 4 heteroatoms. The number of hydrogen-bond donors (Lipinski definition) is 1. The van der Waals surface area contributed by atoms with Crippen molar-refractivity contribution in [3.05, 3.63) is 54.2 Å². The van der Waals surface area contributed by atoms with E-state index in [1.807, 2.05) is 12.1 Å². The molecule has 1 aromatic carbocycles. The number of thiophene rings is 1. The topological polar surface area (TPSA) is 26.0 Å².